The topological polar surface area (TPSA) is 55.7 Å². The molecule has 0 fully saturated rings. The molecule has 0 unspecified atom stereocenters. The zero-order valence-corrected chi connectivity index (χ0v) is 17.2. The highest BCUT2D eigenvalue weighted by Crippen LogP contribution is 2.37. The van der Waals surface area contributed by atoms with Gasteiger partial charge in [0.25, 0.3) is 0 Å². The number of nitrogens with zero attached hydrogens (tertiary/aromatic N) is 3. The van der Waals surface area contributed by atoms with E-state index in [0.29, 0.717) is 5.16 Å². The first-order valence-corrected chi connectivity index (χ1v) is 11.5. The van der Waals surface area contributed by atoms with Gasteiger partial charge < -0.3 is 0 Å². The van der Waals surface area contributed by atoms with Crippen molar-refractivity contribution in [2.75, 3.05) is 0 Å². The summed E-state index contributed by atoms with van der Waals surface area (Å²) in [5.74, 6) is 0.162. The third-order valence-corrected chi connectivity index (χ3v) is 7.55. The number of benzene rings is 1. The average Bonchev–Trinajstić information content (AvgIpc) is 3.44. The molecule has 1 aliphatic carbocycles. The monoisotopic (exact) mass is 421 g/mol. The van der Waals surface area contributed by atoms with Crippen molar-refractivity contribution in [1.29, 1.82) is 0 Å². The molecule has 138 valence electrons. The van der Waals surface area contributed by atoms with Gasteiger partial charge in [-0.15, -0.1) is 32.9 Å². The number of hydrogen-bond donors (Lipinski definition) is 0. The lowest BCUT2D eigenvalue weighted by Crippen LogP contribution is -2.25. The lowest BCUT2D eigenvalue weighted by Gasteiger charge is -2.22. The van der Waals surface area contributed by atoms with Crippen LogP contribution in [-0.4, -0.2) is 26.2 Å². The number of rotatable bonds is 4. The van der Waals surface area contributed by atoms with E-state index in [1.54, 1.807) is 22.7 Å². The molecule has 0 saturated heterocycles. The van der Waals surface area contributed by atoms with Gasteiger partial charge in [-0.25, -0.2) is 4.98 Å². The number of carbonyl (C=O) groups is 1. The smallest absolute Gasteiger partial charge is 0.210 e. The summed E-state index contributed by atoms with van der Waals surface area (Å²) in [7, 11) is 0. The third-order valence-electron chi connectivity index (χ3n) is 4.68. The number of carbonyl (C=O) groups excluding carboxylic acids is 1. The van der Waals surface area contributed by atoms with Crippen molar-refractivity contribution in [3.05, 3.63) is 70.4 Å². The Morgan fingerprint density at radius 2 is 1.64 bits per heavy atom. The molecular formula is C21H15N3OS3. The maximum atomic E-state index is 12.9. The molecule has 1 aliphatic rings. The molecule has 7 heteroatoms. The van der Waals surface area contributed by atoms with Crippen molar-refractivity contribution in [2.45, 2.75) is 23.2 Å². The summed E-state index contributed by atoms with van der Waals surface area (Å²) in [6.07, 6.45) is 1.70. The number of hydrogen-bond acceptors (Lipinski definition) is 7. The van der Waals surface area contributed by atoms with Gasteiger partial charge in [-0.2, -0.15) is 0 Å². The summed E-state index contributed by atoms with van der Waals surface area (Å²) >= 11 is 4.68. The van der Waals surface area contributed by atoms with Crippen LogP contribution < -0.4 is 0 Å². The lowest BCUT2D eigenvalue weighted by atomic mass is 9.90. The number of fused-ring (bicyclic) bond motifs is 1. The van der Waals surface area contributed by atoms with E-state index in [2.05, 4.69) is 10.2 Å². The normalized spacial score (nSPS) is 16.1. The minimum atomic E-state index is -0.166. The Kier molecular flexibility index (Phi) is 4.80. The van der Waals surface area contributed by atoms with Crippen molar-refractivity contribution < 1.29 is 4.79 Å². The second-order valence-corrected chi connectivity index (χ2v) is 9.48. The highest BCUT2D eigenvalue weighted by atomic mass is 32.2. The quantitative estimate of drug-likeness (QED) is 0.428. The van der Waals surface area contributed by atoms with E-state index in [-0.39, 0.29) is 11.0 Å². The van der Waals surface area contributed by atoms with Gasteiger partial charge in [0.1, 0.15) is 11.4 Å². The van der Waals surface area contributed by atoms with Gasteiger partial charge in [0, 0.05) is 5.56 Å². The number of thiophene rings is 2. The van der Waals surface area contributed by atoms with Crippen LogP contribution in [0.4, 0.5) is 0 Å². The van der Waals surface area contributed by atoms with Crippen LogP contribution in [-0.2, 0) is 6.42 Å². The Labute approximate surface area is 174 Å². The second-order valence-electron chi connectivity index (χ2n) is 6.41. The van der Waals surface area contributed by atoms with Crippen molar-refractivity contribution in [3.8, 4) is 21.1 Å². The van der Waals surface area contributed by atoms with E-state index in [9.17, 15) is 4.79 Å². The first kappa shape index (κ1) is 17.7. The summed E-state index contributed by atoms with van der Waals surface area (Å²) in [6.45, 7) is 0. The molecule has 4 aromatic rings. The number of aryl methyl sites for hydroxylation is 1. The molecule has 0 N–H and O–H groups in total. The fourth-order valence-electron chi connectivity index (χ4n) is 3.33. The molecule has 3 aromatic heterocycles. The Bertz CT molecular complexity index is 1120. The van der Waals surface area contributed by atoms with E-state index in [4.69, 9.17) is 4.98 Å². The van der Waals surface area contributed by atoms with E-state index >= 15 is 0 Å². The minimum Gasteiger partial charge on any atom is -0.293 e. The third kappa shape index (κ3) is 3.30. The number of thioether (sulfide) groups is 1. The predicted molar refractivity (Wildman–Crippen MR) is 115 cm³/mol. The summed E-state index contributed by atoms with van der Waals surface area (Å²) < 4.78 is 0. The molecule has 4 nitrogen and oxygen atoms in total. The summed E-state index contributed by atoms with van der Waals surface area (Å²) in [5.41, 5.74) is 3.59. The number of ketones is 1. The molecule has 0 radical (unpaired) electrons. The highest BCUT2D eigenvalue weighted by Gasteiger charge is 2.29. The molecule has 0 amide bonds. The highest BCUT2D eigenvalue weighted by molar-refractivity contribution is 8.00. The molecule has 0 bridgehead atoms. The first-order chi connectivity index (χ1) is 13.8. The van der Waals surface area contributed by atoms with Crippen LogP contribution in [0.3, 0.4) is 0 Å². The zero-order valence-electron chi connectivity index (χ0n) is 14.7. The Balaban J connectivity index is 1.48. The van der Waals surface area contributed by atoms with Crippen LogP contribution >= 0.6 is 34.4 Å². The maximum Gasteiger partial charge on any atom is 0.210 e. The predicted octanol–water partition coefficient (Wildman–Crippen LogP) is 5.62. The van der Waals surface area contributed by atoms with E-state index in [1.807, 2.05) is 59.3 Å². The van der Waals surface area contributed by atoms with Crippen molar-refractivity contribution in [3.63, 3.8) is 0 Å². The van der Waals surface area contributed by atoms with Gasteiger partial charge in [0.2, 0.25) is 5.16 Å². The van der Waals surface area contributed by atoms with Crippen LogP contribution in [0.1, 0.15) is 22.3 Å². The standard InChI is InChI=1S/C21H15N3OS3/c25-20-14-6-2-1-5-13(14)9-10-17(20)28-21-22-18(15-7-3-11-26-15)19(23-24-21)16-8-4-12-27-16/h1-8,11-12,17H,9-10H2/t17-/m1/s1. The first-order valence-electron chi connectivity index (χ1n) is 8.91. The maximum absolute atomic E-state index is 12.9. The van der Waals surface area contributed by atoms with E-state index in [0.717, 1.165) is 45.1 Å². The fraction of sp³-hybridized carbons (Fsp3) is 0.143. The number of aromatic nitrogens is 3. The Hall–Kier alpha value is -2.35. The molecule has 1 atom stereocenters. The van der Waals surface area contributed by atoms with Crippen LogP contribution in [0.15, 0.2) is 64.4 Å². The largest absolute Gasteiger partial charge is 0.293 e. The fourth-order valence-corrected chi connectivity index (χ4v) is 5.72. The van der Waals surface area contributed by atoms with Gasteiger partial charge in [-0.1, -0.05) is 48.2 Å². The van der Waals surface area contributed by atoms with Crippen LogP contribution in [0.5, 0.6) is 0 Å². The van der Waals surface area contributed by atoms with Crippen molar-refractivity contribution >= 4 is 40.2 Å². The van der Waals surface area contributed by atoms with Crippen molar-refractivity contribution in [2.24, 2.45) is 0 Å². The lowest BCUT2D eigenvalue weighted by molar-refractivity contribution is 0.0979. The van der Waals surface area contributed by atoms with Gasteiger partial charge in [0.15, 0.2) is 5.78 Å². The van der Waals surface area contributed by atoms with Gasteiger partial charge in [-0.05, 0) is 41.3 Å². The molecular weight excluding hydrogens is 406 g/mol. The van der Waals surface area contributed by atoms with Crippen LogP contribution in [0.2, 0.25) is 0 Å². The molecule has 0 saturated carbocycles. The summed E-state index contributed by atoms with van der Waals surface area (Å²) in [6, 6.07) is 16.0. The van der Waals surface area contributed by atoms with Gasteiger partial charge in [0.05, 0.1) is 15.0 Å². The molecule has 1 aromatic carbocycles. The zero-order chi connectivity index (χ0) is 18.9. The number of Topliss-reactive ketones (excluding diaryl/α,β-unsaturated/α-hetero) is 1. The summed E-state index contributed by atoms with van der Waals surface area (Å²) in [5, 5.41) is 13.3. The molecule has 5 rings (SSSR count). The van der Waals surface area contributed by atoms with Crippen molar-refractivity contribution in [1.82, 2.24) is 15.2 Å². The van der Waals surface area contributed by atoms with Gasteiger partial charge in [-0.3, -0.25) is 4.79 Å². The summed E-state index contributed by atoms with van der Waals surface area (Å²) in [4.78, 5) is 19.8. The Morgan fingerprint density at radius 3 is 2.39 bits per heavy atom. The van der Waals surface area contributed by atoms with E-state index < -0.39 is 0 Å². The Morgan fingerprint density at radius 1 is 0.893 bits per heavy atom. The van der Waals surface area contributed by atoms with Crippen LogP contribution in [0.25, 0.3) is 21.1 Å². The van der Waals surface area contributed by atoms with Crippen LogP contribution in [0, 0.1) is 0 Å². The molecule has 0 aliphatic heterocycles. The second kappa shape index (κ2) is 7.58. The molecule has 0 spiro atoms. The van der Waals surface area contributed by atoms with Gasteiger partial charge >= 0.3 is 0 Å². The molecule has 28 heavy (non-hydrogen) atoms. The van der Waals surface area contributed by atoms with E-state index in [1.165, 1.54) is 11.8 Å². The SMILES string of the molecule is O=C1c2ccccc2CC[C@H]1Sc1nnc(-c2cccs2)c(-c2cccs2)n1. The average molecular weight is 422 g/mol. The molecule has 3 heterocycles. The minimum absolute atomic E-state index is 0.162.